The van der Waals surface area contributed by atoms with Crippen LogP contribution in [0.1, 0.15) is 17.5 Å². The zero-order valence-corrected chi connectivity index (χ0v) is 17.4. The summed E-state index contributed by atoms with van der Waals surface area (Å²) >= 11 is 0. The maximum Gasteiger partial charge on any atom is 0.245 e. The standard InChI is InChI=1S/C24H25N5O/c1-4-20(30)29-14-24(15-29)10-12-28(13-24)23-26-19-9-6-11-25-22(19)21(27-23)18-8-5-7-16(2)17(18)3/h4-9,11H,1,10,12-15H2,2-3H3. The van der Waals surface area contributed by atoms with E-state index in [4.69, 9.17) is 9.97 Å². The largest absolute Gasteiger partial charge is 0.340 e. The Morgan fingerprint density at radius 2 is 1.97 bits per heavy atom. The number of carbonyl (C=O) groups excluding carboxylic acids is 1. The highest BCUT2D eigenvalue weighted by atomic mass is 16.2. The zero-order chi connectivity index (χ0) is 20.9. The Morgan fingerprint density at radius 1 is 1.13 bits per heavy atom. The molecule has 0 radical (unpaired) electrons. The third-order valence-electron chi connectivity index (χ3n) is 6.56. The SMILES string of the molecule is C=CC(=O)N1CC2(CCN(c3nc(-c4cccc(C)c4C)c4ncccc4n3)C2)C1. The Bertz CT molecular complexity index is 1170. The summed E-state index contributed by atoms with van der Waals surface area (Å²) in [5.74, 6) is 0.765. The normalized spacial score (nSPS) is 17.4. The number of pyridine rings is 1. The summed E-state index contributed by atoms with van der Waals surface area (Å²) in [4.78, 5) is 30.4. The van der Waals surface area contributed by atoms with Gasteiger partial charge in [0.05, 0.1) is 5.52 Å². The van der Waals surface area contributed by atoms with Crippen molar-refractivity contribution in [1.29, 1.82) is 0 Å². The van der Waals surface area contributed by atoms with Gasteiger partial charge in [-0.25, -0.2) is 9.97 Å². The van der Waals surface area contributed by atoms with E-state index in [9.17, 15) is 4.79 Å². The fourth-order valence-electron chi connectivity index (χ4n) is 4.70. The molecule has 2 aliphatic rings. The predicted octanol–water partition coefficient (Wildman–Crippen LogP) is 3.53. The Hall–Kier alpha value is -3.28. The number of aryl methyl sites for hydroxylation is 1. The number of fused-ring (bicyclic) bond motifs is 1. The summed E-state index contributed by atoms with van der Waals surface area (Å²) in [7, 11) is 0. The van der Waals surface area contributed by atoms with Crippen LogP contribution >= 0.6 is 0 Å². The van der Waals surface area contributed by atoms with E-state index in [1.165, 1.54) is 17.2 Å². The molecule has 2 saturated heterocycles. The molecule has 1 aromatic carbocycles. The van der Waals surface area contributed by atoms with E-state index in [1.54, 1.807) is 6.20 Å². The minimum Gasteiger partial charge on any atom is -0.340 e. The summed E-state index contributed by atoms with van der Waals surface area (Å²) in [6.07, 6.45) is 4.24. The Balaban J connectivity index is 1.52. The molecule has 152 valence electrons. The lowest BCUT2D eigenvalue weighted by Crippen LogP contribution is -2.59. The third-order valence-corrected chi connectivity index (χ3v) is 6.56. The minimum absolute atomic E-state index is 0.0179. The lowest BCUT2D eigenvalue weighted by atomic mass is 9.79. The molecule has 1 spiro atoms. The topological polar surface area (TPSA) is 62.2 Å². The zero-order valence-electron chi connectivity index (χ0n) is 17.4. The monoisotopic (exact) mass is 399 g/mol. The third kappa shape index (κ3) is 2.95. The van der Waals surface area contributed by atoms with Crippen LogP contribution in [0.5, 0.6) is 0 Å². The number of aromatic nitrogens is 3. The van der Waals surface area contributed by atoms with Crippen molar-refractivity contribution in [2.24, 2.45) is 5.41 Å². The number of carbonyl (C=O) groups is 1. The fourth-order valence-corrected chi connectivity index (χ4v) is 4.70. The molecule has 0 aliphatic carbocycles. The number of hydrogen-bond acceptors (Lipinski definition) is 5. The van der Waals surface area contributed by atoms with E-state index < -0.39 is 0 Å². The second kappa shape index (κ2) is 6.90. The van der Waals surface area contributed by atoms with E-state index in [0.29, 0.717) is 0 Å². The molecule has 0 atom stereocenters. The van der Waals surface area contributed by atoms with Gasteiger partial charge in [0.15, 0.2) is 0 Å². The molecule has 0 bridgehead atoms. The first-order chi connectivity index (χ1) is 14.5. The van der Waals surface area contributed by atoms with E-state index in [-0.39, 0.29) is 11.3 Å². The van der Waals surface area contributed by atoms with Crippen LogP contribution in [0.25, 0.3) is 22.3 Å². The van der Waals surface area contributed by atoms with E-state index in [1.807, 2.05) is 17.0 Å². The van der Waals surface area contributed by atoms with Crippen LogP contribution in [0.3, 0.4) is 0 Å². The van der Waals surface area contributed by atoms with Crippen molar-refractivity contribution in [3.63, 3.8) is 0 Å². The predicted molar refractivity (Wildman–Crippen MR) is 118 cm³/mol. The fraction of sp³-hybridized carbons (Fsp3) is 0.333. The van der Waals surface area contributed by atoms with Crippen molar-refractivity contribution < 1.29 is 4.79 Å². The lowest BCUT2D eigenvalue weighted by Gasteiger charge is -2.47. The molecule has 0 saturated carbocycles. The molecule has 1 amide bonds. The first-order valence-electron chi connectivity index (χ1n) is 10.4. The van der Waals surface area contributed by atoms with Crippen LogP contribution in [0.4, 0.5) is 5.95 Å². The van der Waals surface area contributed by atoms with Crippen LogP contribution in [0, 0.1) is 19.3 Å². The van der Waals surface area contributed by atoms with Crippen molar-refractivity contribution in [3.05, 3.63) is 60.3 Å². The van der Waals surface area contributed by atoms with Gasteiger partial charge < -0.3 is 9.80 Å². The van der Waals surface area contributed by atoms with Crippen LogP contribution in [0.15, 0.2) is 49.2 Å². The summed E-state index contributed by atoms with van der Waals surface area (Å²) in [6.45, 7) is 11.2. The quantitative estimate of drug-likeness (QED) is 0.631. The highest BCUT2D eigenvalue weighted by Crippen LogP contribution is 2.41. The minimum atomic E-state index is 0.0179. The summed E-state index contributed by atoms with van der Waals surface area (Å²) in [5, 5.41) is 0. The lowest BCUT2D eigenvalue weighted by molar-refractivity contribution is -0.136. The molecule has 2 aliphatic heterocycles. The van der Waals surface area contributed by atoms with Crippen molar-refractivity contribution in [2.75, 3.05) is 31.1 Å². The van der Waals surface area contributed by atoms with Gasteiger partial charge in [-0.15, -0.1) is 0 Å². The van der Waals surface area contributed by atoms with E-state index in [2.05, 4.69) is 48.5 Å². The maximum absolute atomic E-state index is 11.9. The number of likely N-dealkylation sites (tertiary alicyclic amines) is 1. The molecular weight excluding hydrogens is 374 g/mol. The first-order valence-corrected chi connectivity index (χ1v) is 10.4. The molecule has 30 heavy (non-hydrogen) atoms. The van der Waals surface area contributed by atoms with Gasteiger partial charge in [0.1, 0.15) is 11.2 Å². The van der Waals surface area contributed by atoms with Gasteiger partial charge in [-0.3, -0.25) is 9.78 Å². The number of anilines is 1. The number of rotatable bonds is 3. The molecule has 6 nitrogen and oxygen atoms in total. The number of hydrogen-bond donors (Lipinski definition) is 0. The molecule has 0 unspecified atom stereocenters. The van der Waals surface area contributed by atoms with Crippen molar-refractivity contribution >= 4 is 22.9 Å². The second-order valence-electron chi connectivity index (χ2n) is 8.56. The molecule has 4 heterocycles. The highest BCUT2D eigenvalue weighted by Gasteiger charge is 2.49. The van der Waals surface area contributed by atoms with E-state index in [0.717, 1.165) is 60.8 Å². The molecule has 0 N–H and O–H groups in total. The first kappa shape index (κ1) is 18.7. The van der Waals surface area contributed by atoms with Crippen molar-refractivity contribution in [1.82, 2.24) is 19.9 Å². The number of amides is 1. The van der Waals surface area contributed by atoms with Gasteiger partial charge in [-0.2, -0.15) is 0 Å². The van der Waals surface area contributed by atoms with Crippen LogP contribution in [-0.4, -0.2) is 51.9 Å². The van der Waals surface area contributed by atoms with Crippen molar-refractivity contribution in [3.8, 4) is 11.3 Å². The smallest absolute Gasteiger partial charge is 0.245 e. The number of benzene rings is 1. The van der Waals surface area contributed by atoms with Crippen molar-refractivity contribution in [2.45, 2.75) is 20.3 Å². The van der Waals surface area contributed by atoms with Gasteiger partial charge in [0.2, 0.25) is 11.9 Å². The van der Waals surface area contributed by atoms with Gasteiger partial charge in [0, 0.05) is 43.4 Å². The number of nitrogens with zero attached hydrogens (tertiary/aromatic N) is 5. The molecule has 2 fully saturated rings. The summed E-state index contributed by atoms with van der Waals surface area (Å²) in [5.41, 5.74) is 6.26. The molecule has 2 aromatic heterocycles. The van der Waals surface area contributed by atoms with Gasteiger partial charge in [-0.1, -0.05) is 24.8 Å². The summed E-state index contributed by atoms with van der Waals surface area (Å²) in [6, 6.07) is 10.2. The average Bonchev–Trinajstić information content (AvgIpc) is 3.19. The molecule has 5 rings (SSSR count). The second-order valence-corrected chi connectivity index (χ2v) is 8.56. The van der Waals surface area contributed by atoms with Crippen LogP contribution in [-0.2, 0) is 4.79 Å². The van der Waals surface area contributed by atoms with Gasteiger partial charge in [0.25, 0.3) is 0 Å². The molecule has 6 heteroatoms. The Kier molecular flexibility index (Phi) is 4.31. The average molecular weight is 399 g/mol. The molecular formula is C24H25N5O. The van der Waals surface area contributed by atoms with Crippen LogP contribution in [0.2, 0.25) is 0 Å². The molecule has 3 aromatic rings. The Labute approximate surface area is 176 Å². The van der Waals surface area contributed by atoms with E-state index >= 15 is 0 Å². The maximum atomic E-state index is 11.9. The van der Waals surface area contributed by atoms with Crippen LogP contribution < -0.4 is 4.90 Å². The highest BCUT2D eigenvalue weighted by molar-refractivity contribution is 5.91. The van der Waals surface area contributed by atoms with Gasteiger partial charge in [-0.05, 0) is 49.6 Å². The summed E-state index contributed by atoms with van der Waals surface area (Å²) < 4.78 is 0. The Morgan fingerprint density at radius 3 is 2.77 bits per heavy atom. The van der Waals surface area contributed by atoms with Gasteiger partial charge >= 0.3 is 0 Å².